The fourth-order valence-electron chi connectivity index (χ4n) is 1.69. The normalized spacial score (nSPS) is 19.2. The van der Waals surface area contributed by atoms with Crippen LogP contribution in [-0.2, 0) is 4.74 Å². The van der Waals surface area contributed by atoms with Crippen molar-refractivity contribution in [2.45, 2.75) is 12.5 Å². The zero-order valence-electron chi connectivity index (χ0n) is 9.11. The molecule has 1 unspecified atom stereocenters. The molecule has 5 nitrogen and oxygen atoms in total. The van der Waals surface area contributed by atoms with Crippen LogP contribution in [-0.4, -0.2) is 25.2 Å². The van der Waals surface area contributed by atoms with Gasteiger partial charge in [-0.05, 0) is 12.1 Å². The molecule has 1 fully saturated rings. The molecule has 0 aromatic heterocycles. The molecule has 1 saturated heterocycles. The highest BCUT2D eigenvalue weighted by Gasteiger charge is 2.22. The summed E-state index contributed by atoms with van der Waals surface area (Å²) in [6, 6.07) is 2.98. The minimum Gasteiger partial charge on any atom is -0.486 e. The van der Waals surface area contributed by atoms with Gasteiger partial charge in [-0.1, -0.05) is 11.6 Å². The molecule has 0 bridgehead atoms. The molecular weight excluding hydrogens is 244 g/mol. The Hall–Kier alpha value is -1.46. The molecule has 17 heavy (non-hydrogen) atoms. The van der Waals surface area contributed by atoms with Crippen molar-refractivity contribution in [1.29, 1.82) is 0 Å². The maximum atomic E-state index is 11.3. The fraction of sp³-hybridized carbons (Fsp3) is 0.364. The number of hydrogen-bond donors (Lipinski definition) is 2. The first kappa shape index (κ1) is 12.0. The Labute approximate surface area is 104 Å². The number of rotatable bonds is 3. The quantitative estimate of drug-likeness (QED) is 0.795. The van der Waals surface area contributed by atoms with Gasteiger partial charge >= 0.3 is 0 Å². The minimum atomic E-state index is -0.617. The van der Waals surface area contributed by atoms with E-state index in [-0.39, 0.29) is 22.4 Å². The first-order valence-electron chi connectivity index (χ1n) is 5.21. The molecule has 1 amide bonds. The lowest BCUT2D eigenvalue weighted by molar-refractivity contribution is 0.0989. The van der Waals surface area contributed by atoms with Crippen LogP contribution in [0.5, 0.6) is 5.75 Å². The van der Waals surface area contributed by atoms with Crippen LogP contribution in [0.3, 0.4) is 0 Å². The van der Waals surface area contributed by atoms with E-state index >= 15 is 0 Å². The molecule has 1 aliphatic heterocycles. The SMILES string of the molecule is NC(=O)c1cc(N)cc(Cl)c1OC1CCOC1. The minimum absolute atomic E-state index is 0.103. The topological polar surface area (TPSA) is 87.6 Å². The molecule has 1 aliphatic rings. The van der Waals surface area contributed by atoms with E-state index < -0.39 is 5.91 Å². The Bertz CT molecular complexity index is 445. The molecule has 1 aromatic carbocycles. The maximum Gasteiger partial charge on any atom is 0.252 e. The van der Waals surface area contributed by atoms with Gasteiger partial charge in [0.05, 0.1) is 23.8 Å². The van der Waals surface area contributed by atoms with E-state index in [1.165, 1.54) is 12.1 Å². The van der Waals surface area contributed by atoms with Gasteiger partial charge in [0, 0.05) is 12.1 Å². The summed E-state index contributed by atoms with van der Waals surface area (Å²) in [5.41, 5.74) is 11.4. The average molecular weight is 257 g/mol. The van der Waals surface area contributed by atoms with Crippen LogP contribution in [0.4, 0.5) is 5.69 Å². The predicted octanol–water partition coefficient (Wildman–Crippen LogP) is 1.19. The van der Waals surface area contributed by atoms with E-state index in [1.807, 2.05) is 0 Å². The molecular formula is C11H13ClN2O3. The highest BCUT2D eigenvalue weighted by Crippen LogP contribution is 2.33. The van der Waals surface area contributed by atoms with Crippen molar-refractivity contribution in [1.82, 2.24) is 0 Å². The van der Waals surface area contributed by atoms with Gasteiger partial charge in [0.25, 0.3) is 5.91 Å². The van der Waals surface area contributed by atoms with Crippen molar-refractivity contribution < 1.29 is 14.3 Å². The molecule has 2 rings (SSSR count). The molecule has 1 atom stereocenters. The van der Waals surface area contributed by atoms with Crippen LogP contribution in [0.25, 0.3) is 0 Å². The summed E-state index contributed by atoms with van der Waals surface area (Å²) in [5, 5.41) is 0.283. The second kappa shape index (κ2) is 4.81. The zero-order valence-corrected chi connectivity index (χ0v) is 9.87. The third-order valence-electron chi connectivity index (χ3n) is 2.50. The van der Waals surface area contributed by atoms with E-state index in [2.05, 4.69) is 0 Å². The van der Waals surface area contributed by atoms with Crippen LogP contribution >= 0.6 is 11.6 Å². The molecule has 92 valence electrons. The first-order chi connectivity index (χ1) is 8.08. The number of nitrogen functional groups attached to an aromatic ring is 1. The molecule has 4 N–H and O–H groups in total. The van der Waals surface area contributed by atoms with Gasteiger partial charge in [-0.25, -0.2) is 0 Å². The lowest BCUT2D eigenvalue weighted by Gasteiger charge is -2.16. The number of ether oxygens (including phenoxy) is 2. The summed E-state index contributed by atoms with van der Waals surface area (Å²) in [4.78, 5) is 11.3. The molecule has 0 aliphatic carbocycles. The predicted molar refractivity (Wildman–Crippen MR) is 64.2 cm³/mol. The van der Waals surface area contributed by atoms with Gasteiger partial charge in [-0.15, -0.1) is 0 Å². The first-order valence-corrected chi connectivity index (χ1v) is 5.59. The third-order valence-corrected chi connectivity index (χ3v) is 2.78. The monoisotopic (exact) mass is 256 g/mol. The Balaban J connectivity index is 2.33. The van der Waals surface area contributed by atoms with Gasteiger partial charge < -0.3 is 20.9 Å². The summed E-state index contributed by atoms with van der Waals surface area (Å²) in [7, 11) is 0. The molecule has 0 saturated carbocycles. The molecule has 0 spiro atoms. The summed E-state index contributed by atoms with van der Waals surface area (Å²) in [6.45, 7) is 1.13. The standard InChI is InChI=1S/C11H13ClN2O3/c12-9-4-6(13)3-8(11(14)15)10(9)17-7-1-2-16-5-7/h3-4,7H,1-2,5,13H2,(H2,14,15). The number of carbonyl (C=O) groups excluding carboxylic acids is 1. The number of hydrogen-bond acceptors (Lipinski definition) is 4. The highest BCUT2D eigenvalue weighted by molar-refractivity contribution is 6.33. The number of halogens is 1. The Kier molecular flexibility index (Phi) is 3.40. The van der Waals surface area contributed by atoms with Crippen molar-refractivity contribution in [2.75, 3.05) is 18.9 Å². The number of anilines is 1. The van der Waals surface area contributed by atoms with Crippen molar-refractivity contribution in [3.8, 4) is 5.75 Å². The lowest BCUT2D eigenvalue weighted by Crippen LogP contribution is -2.20. The second-order valence-electron chi connectivity index (χ2n) is 3.85. The Morgan fingerprint density at radius 1 is 1.53 bits per heavy atom. The Morgan fingerprint density at radius 3 is 2.88 bits per heavy atom. The van der Waals surface area contributed by atoms with Crippen LogP contribution in [0.2, 0.25) is 5.02 Å². The van der Waals surface area contributed by atoms with Gasteiger partial charge in [0.2, 0.25) is 0 Å². The maximum absolute atomic E-state index is 11.3. The molecule has 1 heterocycles. The summed E-state index contributed by atoms with van der Waals surface area (Å²) in [5.74, 6) is -0.336. The van der Waals surface area contributed by atoms with Crippen LogP contribution in [0.15, 0.2) is 12.1 Å². The van der Waals surface area contributed by atoms with Crippen molar-refractivity contribution in [2.24, 2.45) is 5.73 Å². The van der Waals surface area contributed by atoms with Gasteiger partial charge in [-0.2, -0.15) is 0 Å². The van der Waals surface area contributed by atoms with Crippen LogP contribution < -0.4 is 16.2 Å². The highest BCUT2D eigenvalue weighted by atomic mass is 35.5. The lowest BCUT2D eigenvalue weighted by atomic mass is 10.1. The summed E-state index contributed by atoms with van der Waals surface area (Å²) in [6.07, 6.45) is 0.660. The van der Waals surface area contributed by atoms with Gasteiger partial charge in [-0.3, -0.25) is 4.79 Å². The van der Waals surface area contributed by atoms with Crippen molar-refractivity contribution in [3.05, 3.63) is 22.7 Å². The van der Waals surface area contributed by atoms with E-state index in [0.29, 0.717) is 18.9 Å². The number of benzene rings is 1. The van der Waals surface area contributed by atoms with Crippen LogP contribution in [0, 0.1) is 0 Å². The second-order valence-corrected chi connectivity index (χ2v) is 4.25. The van der Waals surface area contributed by atoms with Crippen LogP contribution in [0.1, 0.15) is 16.8 Å². The number of carbonyl (C=O) groups is 1. The zero-order chi connectivity index (χ0) is 12.4. The molecule has 6 heteroatoms. The largest absolute Gasteiger partial charge is 0.486 e. The van der Waals surface area contributed by atoms with Gasteiger partial charge in [0.1, 0.15) is 6.10 Å². The smallest absolute Gasteiger partial charge is 0.252 e. The summed E-state index contributed by atoms with van der Waals surface area (Å²) >= 11 is 6.00. The molecule has 0 radical (unpaired) electrons. The van der Waals surface area contributed by atoms with E-state index in [1.54, 1.807) is 0 Å². The Morgan fingerprint density at radius 2 is 2.29 bits per heavy atom. The number of amides is 1. The number of primary amides is 1. The summed E-state index contributed by atoms with van der Waals surface area (Å²) < 4.78 is 10.8. The van der Waals surface area contributed by atoms with E-state index in [4.69, 9.17) is 32.5 Å². The van der Waals surface area contributed by atoms with Crippen molar-refractivity contribution in [3.63, 3.8) is 0 Å². The van der Waals surface area contributed by atoms with Gasteiger partial charge in [0.15, 0.2) is 5.75 Å². The van der Waals surface area contributed by atoms with E-state index in [9.17, 15) is 4.79 Å². The number of nitrogens with two attached hydrogens (primary N) is 2. The molecule has 1 aromatic rings. The average Bonchev–Trinajstić information content (AvgIpc) is 2.74. The van der Waals surface area contributed by atoms with Crippen molar-refractivity contribution >= 4 is 23.2 Å². The van der Waals surface area contributed by atoms with E-state index in [0.717, 1.165) is 6.42 Å². The third kappa shape index (κ3) is 2.62. The fourth-order valence-corrected chi connectivity index (χ4v) is 1.96.